The second-order valence-electron chi connectivity index (χ2n) is 4.45. The predicted molar refractivity (Wildman–Crippen MR) is 64.2 cm³/mol. The fourth-order valence-corrected chi connectivity index (χ4v) is 2.23. The van der Waals surface area contributed by atoms with E-state index in [1.165, 1.54) is 0 Å². The number of quaternary nitrogens is 1. The van der Waals surface area contributed by atoms with Gasteiger partial charge >= 0.3 is 5.76 Å². The highest BCUT2D eigenvalue weighted by Crippen LogP contribution is 2.26. The normalized spacial score (nSPS) is 19.3. The number of nitrogens with zero attached hydrogens (tertiary/aromatic N) is 2. The number of aromatic nitrogens is 1. The van der Waals surface area contributed by atoms with Crippen molar-refractivity contribution in [2.45, 2.75) is 0 Å². The van der Waals surface area contributed by atoms with Gasteiger partial charge in [-0.15, -0.1) is 0 Å². The van der Waals surface area contributed by atoms with E-state index in [2.05, 4.69) is 4.98 Å². The van der Waals surface area contributed by atoms with Gasteiger partial charge in [0, 0.05) is 0 Å². The summed E-state index contributed by atoms with van der Waals surface area (Å²) in [5, 5.41) is 20.7. The van der Waals surface area contributed by atoms with E-state index in [4.69, 9.17) is 4.42 Å². The number of fused-ring (bicyclic) bond motifs is 1. The molecule has 1 aliphatic heterocycles. The number of para-hydroxylation sites is 1. The van der Waals surface area contributed by atoms with Gasteiger partial charge in [-0.05, 0) is 12.1 Å². The Labute approximate surface area is 102 Å². The summed E-state index contributed by atoms with van der Waals surface area (Å²) >= 11 is 0. The SMILES string of the molecule is O=c1[nH]c2cccc(N3CC[N+]([O-])(O)CC3)c2o1. The first-order valence-corrected chi connectivity index (χ1v) is 5.73. The number of benzene rings is 1. The summed E-state index contributed by atoms with van der Waals surface area (Å²) in [7, 11) is 0. The fourth-order valence-electron chi connectivity index (χ4n) is 2.23. The zero-order valence-corrected chi connectivity index (χ0v) is 9.63. The molecule has 0 radical (unpaired) electrons. The maximum Gasteiger partial charge on any atom is 0.417 e. The van der Waals surface area contributed by atoms with Crippen LogP contribution in [0.2, 0.25) is 0 Å². The summed E-state index contributed by atoms with van der Waals surface area (Å²) in [4.78, 5) is 14.5. The number of hydroxylamine groups is 4. The zero-order chi connectivity index (χ0) is 12.8. The lowest BCUT2D eigenvalue weighted by molar-refractivity contribution is -1.06. The molecule has 1 aliphatic rings. The molecule has 2 heterocycles. The number of oxazole rings is 1. The number of nitrogens with one attached hydrogen (secondary N) is 1. The largest absolute Gasteiger partial charge is 0.598 e. The van der Waals surface area contributed by atoms with Crippen molar-refractivity contribution in [3.63, 3.8) is 0 Å². The lowest BCUT2D eigenvalue weighted by atomic mass is 10.2. The van der Waals surface area contributed by atoms with Gasteiger partial charge in [0.15, 0.2) is 5.58 Å². The molecule has 0 aliphatic carbocycles. The molecule has 0 bridgehead atoms. The molecule has 96 valence electrons. The first kappa shape index (κ1) is 11.3. The second kappa shape index (κ2) is 3.84. The summed E-state index contributed by atoms with van der Waals surface area (Å²) < 4.78 is 5.11. The molecule has 18 heavy (non-hydrogen) atoms. The summed E-state index contributed by atoms with van der Waals surface area (Å²) in [5.74, 6) is -0.495. The van der Waals surface area contributed by atoms with E-state index in [1.54, 1.807) is 6.07 Å². The zero-order valence-electron chi connectivity index (χ0n) is 9.63. The highest BCUT2D eigenvalue weighted by Gasteiger charge is 2.25. The van der Waals surface area contributed by atoms with Crippen LogP contribution in [0.5, 0.6) is 0 Å². The van der Waals surface area contributed by atoms with Crippen molar-refractivity contribution in [2.24, 2.45) is 0 Å². The molecule has 7 heteroatoms. The molecule has 2 N–H and O–H groups in total. The van der Waals surface area contributed by atoms with Gasteiger partial charge in [-0.3, -0.25) is 4.98 Å². The van der Waals surface area contributed by atoms with Crippen LogP contribution >= 0.6 is 0 Å². The number of H-pyrrole nitrogens is 1. The van der Waals surface area contributed by atoms with Gasteiger partial charge in [0.05, 0.1) is 24.3 Å². The molecular formula is C11H13N3O4. The van der Waals surface area contributed by atoms with E-state index >= 15 is 0 Å². The van der Waals surface area contributed by atoms with Crippen LogP contribution in [0.1, 0.15) is 0 Å². The summed E-state index contributed by atoms with van der Waals surface area (Å²) in [6.07, 6.45) is 0. The van der Waals surface area contributed by atoms with Crippen LogP contribution < -0.4 is 10.7 Å². The first-order chi connectivity index (χ1) is 8.55. The van der Waals surface area contributed by atoms with E-state index in [9.17, 15) is 15.2 Å². The molecule has 1 aromatic heterocycles. The number of aromatic amines is 1. The van der Waals surface area contributed by atoms with E-state index in [1.807, 2.05) is 17.0 Å². The molecule has 0 spiro atoms. The maximum absolute atomic E-state index is 11.4. The number of anilines is 1. The van der Waals surface area contributed by atoms with E-state index in [0.29, 0.717) is 24.2 Å². The topological polar surface area (TPSA) is 92.5 Å². The van der Waals surface area contributed by atoms with Crippen LogP contribution in [-0.4, -0.2) is 41.2 Å². The third-order valence-corrected chi connectivity index (χ3v) is 3.21. The molecule has 0 atom stereocenters. The van der Waals surface area contributed by atoms with Gasteiger partial charge in [0.25, 0.3) is 0 Å². The molecule has 0 unspecified atom stereocenters. The van der Waals surface area contributed by atoms with Crippen LogP contribution in [0.3, 0.4) is 0 Å². The molecule has 1 aromatic carbocycles. The Hall–Kier alpha value is -1.83. The number of piperazine rings is 1. The summed E-state index contributed by atoms with van der Waals surface area (Å²) in [6, 6.07) is 5.41. The average molecular weight is 251 g/mol. The minimum atomic E-state index is -1.20. The second-order valence-corrected chi connectivity index (χ2v) is 4.45. The minimum absolute atomic E-state index is 0.102. The third kappa shape index (κ3) is 1.88. The van der Waals surface area contributed by atoms with Crippen LogP contribution in [0.4, 0.5) is 5.69 Å². The molecule has 0 saturated carbocycles. The highest BCUT2D eigenvalue weighted by atomic mass is 16.8. The van der Waals surface area contributed by atoms with Crippen molar-refractivity contribution < 1.29 is 14.4 Å². The van der Waals surface area contributed by atoms with Crippen molar-refractivity contribution >= 4 is 16.8 Å². The Morgan fingerprint density at radius 1 is 1.39 bits per heavy atom. The Morgan fingerprint density at radius 3 is 2.83 bits per heavy atom. The minimum Gasteiger partial charge on any atom is -0.598 e. The van der Waals surface area contributed by atoms with Crippen molar-refractivity contribution in [1.29, 1.82) is 0 Å². The van der Waals surface area contributed by atoms with Gasteiger partial charge < -0.3 is 14.5 Å². The third-order valence-electron chi connectivity index (χ3n) is 3.21. The number of hydrogen-bond donors (Lipinski definition) is 2. The first-order valence-electron chi connectivity index (χ1n) is 5.73. The van der Waals surface area contributed by atoms with Gasteiger partial charge in [0.2, 0.25) is 0 Å². The van der Waals surface area contributed by atoms with E-state index in [-0.39, 0.29) is 13.1 Å². The summed E-state index contributed by atoms with van der Waals surface area (Å²) in [6.45, 7) is 1.05. The number of rotatable bonds is 1. The molecule has 3 rings (SSSR count). The Bertz CT molecular complexity index is 620. The Balaban J connectivity index is 1.97. The van der Waals surface area contributed by atoms with Gasteiger partial charge in [-0.1, -0.05) is 6.07 Å². The van der Waals surface area contributed by atoms with Crippen LogP contribution in [0, 0.1) is 5.21 Å². The molecule has 1 saturated heterocycles. The molecular weight excluding hydrogens is 238 g/mol. The molecule has 0 amide bonds. The quantitative estimate of drug-likeness (QED) is 0.573. The molecule has 1 fully saturated rings. The van der Waals surface area contributed by atoms with Gasteiger partial charge in [-0.25, -0.2) is 14.8 Å². The van der Waals surface area contributed by atoms with Crippen LogP contribution in [0.15, 0.2) is 27.4 Å². The van der Waals surface area contributed by atoms with E-state index < -0.39 is 10.6 Å². The Kier molecular flexibility index (Phi) is 2.40. The van der Waals surface area contributed by atoms with Crippen molar-refractivity contribution in [1.82, 2.24) is 4.98 Å². The van der Waals surface area contributed by atoms with Crippen LogP contribution in [0.25, 0.3) is 11.1 Å². The van der Waals surface area contributed by atoms with Crippen LogP contribution in [-0.2, 0) is 0 Å². The molecule has 2 aromatic rings. The Morgan fingerprint density at radius 2 is 2.11 bits per heavy atom. The van der Waals surface area contributed by atoms with Crippen molar-refractivity contribution in [3.05, 3.63) is 34.0 Å². The van der Waals surface area contributed by atoms with E-state index in [0.717, 1.165) is 5.69 Å². The fraction of sp³-hybridized carbons (Fsp3) is 0.364. The maximum atomic E-state index is 11.4. The lowest BCUT2D eigenvalue weighted by Gasteiger charge is -2.41. The van der Waals surface area contributed by atoms with Crippen molar-refractivity contribution in [2.75, 3.05) is 31.1 Å². The van der Waals surface area contributed by atoms with Gasteiger partial charge in [-0.2, -0.15) is 0 Å². The monoisotopic (exact) mass is 251 g/mol. The number of hydrogen-bond acceptors (Lipinski definition) is 5. The lowest BCUT2D eigenvalue weighted by Crippen LogP contribution is -2.54. The molecule has 7 nitrogen and oxygen atoms in total. The highest BCUT2D eigenvalue weighted by molar-refractivity contribution is 5.86. The average Bonchev–Trinajstić information content (AvgIpc) is 2.69. The van der Waals surface area contributed by atoms with Gasteiger partial charge in [0.1, 0.15) is 13.1 Å². The van der Waals surface area contributed by atoms with Crippen molar-refractivity contribution in [3.8, 4) is 0 Å². The predicted octanol–water partition coefficient (Wildman–Crippen LogP) is 0.645. The summed E-state index contributed by atoms with van der Waals surface area (Å²) in [5.41, 5.74) is 1.90. The standard InChI is InChI=1S/C11H13N3O4/c15-11-12-8-2-1-3-9(10(8)18-11)13-4-6-14(16,17)7-5-13/h1-3,16H,4-7H2,(H,12,15). The smallest absolute Gasteiger partial charge is 0.417 e.